The van der Waals surface area contributed by atoms with E-state index in [2.05, 4.69) is 26.0 Å². The van der Waals surface area contributed by atoms with Crippen LogP contribution in [0.15, 0.2) is 45.0 Å². The highest BCUT2D eigenvalue weighted by Gasteiger charge is 2.43. The van der Waals surface area contributed by atoms with Gasteiger partial charge in [-0.05, 0) is 49.2 Å². The molecule has 0 saturated carbocycles. The Balaban J connectivity index is 1.80. The standard InChI is InChI=1S/C22H26BrClN3O9P/c1-22(2,20(30)33-3)26-37(32,36-15-6-4-14(24)5-7-15)34-12-17-16(28)10-18(35-17)27-11-13(8-9-23)19(29)25-21(27)31/h4-9,11,16-18,28H,10,12H2,1-3H3,(H,26,32)(H,25,29,31)/b9-8+/t16-,17-,18-,37?/m1/s1. The number of aromatic amines is 1. The lowest BCUT2D eigenvalue weighted by atomic mass is 10.1. The lowest BCUT2D eigenvalue weighted by Gasteiger charge is -2.29. The number of nitrogens with one attached hydrogen (secondary N) is 2. The first-order valence-corrected chi connectivity index (χ1v) is 13.7. The molecule has 3 rings (SSSR count). The molecule has 0 amide bonds. The van der Waals surface area contributed by atoms with E-state index in [1.807, 2.05) is 0 Å². The number of aliphatic hydroxyl groups excluding tert-OH is 1. The van der Waals surface area contributed by atoms with E-state index in [1.54, 1.807) is 0 Å². The second-order valence-electron chi connectivity index (χ2n) is 8.54. The number of aromatic nitrogens is 2. The summed E-state index contributed by atoms with van der Waals surface area (Å²) in [5.41, 5.74) is -2.61. The Morgan fingerprint density at radius 3 is 2.68 bits per heavy atom. The van der Waals surface area contributed by atoms with Crippen LogP contribution in [0.25, 0.3) is 6.08 Å². The van der Waals surface area contributed by atoms with Gasteiger partial charge in [-0.3, -0.25) is 23.7 Å². The van der Waals surface area contributed by atoms with Gasteiger partial charge in [0.25, 0.3) is 5.56 Å². The summed E-state index contributed by atoms with van der Waals surface area (Å²) >= 11 is 8.98. The first kappa shape index (κ1) is 29.3. The van der Waals surface area contributed by atoms with Gasteiger partial charge in [-0.25, -0.2) is 9.36 Å². The summed E-state index contributed by atoms with van der Waals surface area (Å²) in [5.74, 6) is -0.585. The van der Waals surface area contributed by atoms with Crippen molar-refractivity contribution in [1.82, 2.24) is 14.6 Å². The number of carbonyl (C=O) groups excluding carboxylic acids is 1. The minimum Gasteiger partial charge on any atom is -0.468 e. The minimum absolute atomic E-state index is 0.0130. The van der Waals surface area contributed by atoms with E-state index in [9.17, 15) is 24.1 Å². The Morgan fingerprint density at radius 1 is 1.38 bits per heavy atom. The highest BCUT2D eigenvalue weighted by molar-refractivity contribution is 9.11. The number of H-pyrrole nitrogens is 1. The number of rotatable bonds is 10. The van der Waals surface area contributed by atoms with Gasteiger partial charge >= 0.3 is 19.4 Å². The number of carbonyl (C=O) groups is 1. The lowest BCUT2D eigenvalue weighted by Crippen LogP contribution is -2.47. The highest BCUT2D eigenvalue weighted by atomic mass is 79.9. The molecular weight excluding hydrogens is 597 g/mol. The van der Waals surface area contributed by atoms with Crippen LogP contribution in [0.4, 0.5) is 0 Å². The average Bonchev–Trinajstić information content (AvgIpc) is 3.20. The van der Waals surface area contributed by atoms with Crippen molar-refractivity contribution in [2.75, 3.05) is 13.7 Å². The van der Waals surface area contributed by atoms with E-state index in [0.29, 0.717) is 5.02 Å². The molecule has 1 unspecified atom stereocenters. The predicted octanol–water partition coefficient (Wildman–Crippen LogP) is 2.95. The van der Waals surface area contributed by atoms with Crippen LogP contribution >= 0.6 is 35.3 Å². The molecule has 1 aliphatic heterocycles. The molecule has 12 nitrogen and oxygen atoms in total. The molecule has 0 bridgehead atoms. The third-order valence-electron chi connectivity index (χ3n) is 5.31. The van der Waals surface area contributed by atoms with Crippen LogP contribution in [0.3, 0.4) is 0 Å². The smallest absolute Gasteiger partial charge is 0.459 e. The van der Waals surface area contributed by atoms with Crippen LogP contribution in [0, 0.1) is 0 Å². The Kier molecular flexibility index (Phi) is 9.57. The fourth-order valence-electron chi connectivity index (χ4n) is 3.47. The van der Waals surface area contributed by atoms with Crippen molar-refractivity contribution >= 4 is 47.3 Å². The van der Waals surface area contributed by atoms with Crippen molar-refractivity contribution < 1.29 is 33.0 Å². The summed E-state index contributed by atoms with van der Waals surface area (Å²) in [7, 11) is -3.09. The van der Waals surface area contributed by atoms with E-state index in [4.69, 9.17) is 30.1 Å². The number of aliphatic hydroxyl groups is 1. The molecule has 0 radical (unpaired) electrons. The fraction of sp³-hybridized carbons (Fsp3) is 0.409. The van der Waals surface area contributed by atoms with Gasteiger partial charge in [0.2, 0.25) is 0 Å². The zero-order valence-corrected chi connectivity index (χ0v) is 23.3. The molecule has 1 saturated heterocycles. The maximum absolute atomic E-state index is 13.7. The highest BCUT2D eigenvalue weighted by Crippen LogP contribution is 2.47. The van der Waals surface area contributed by atoms with Crippen LogP contribution in [0.2, 0.25) is 5.02 Å². The molecule has 1 fully saturated rings. The van der Waals surface area contributed by atoms with Crippen molar-refractivity contribution in [2.45, 2.75) is 44.2 Å². The van der Waals surface area contributed by atoms with Crippen molar-refractivity contribution in [2.24, 2.45) is 0 Å². The number of hydrogen-bond donors (Lipinski definition) is 3. The molecular formula is C22H26BrClN3O9P. The van der Waals surface area contributed by atoms with Gasteiger partial charge in [0, 0.05) is 17.6 Å². The van der Waals surface area contributed by atoms with E-state index in [1.165, 1.54) is 62.5 Å². The average molecular weight is 623 g/mol. The summed E-state index contributed by atoms with van der Waals surface area (Å²) in [6, 6.07) is 5.96. The van der Waals surface area contributed by atoms with Gasteiger partial charge in [0.15, 0.2) is 0 Å². The molecule has 1 aliphatic rings. The molecule has 0 aliphatic carbocycles. The molecule has 3 N–H and O–H groups in total. The predicted molar refractivity (Wildman–Crippen MR) is 139 cm³/mol. The zero-order valence-electron chi connectivity index (χ0n) is 20.1. The van der Waals surface area contributed by atoms with Gasteiger partial charge < -0.3 is 19.1 Å². The van der Waals surface area contributed by atoms with Gasteiger partial charge in [0.05, 0.1) is 25.4 Å². The molecule has 37 heavy (non-hydrogen) atoms. The Labute approximate surface area is 225 Å². The topological polar surface area (TPSA) is 158 Å². The fourth-order valence-corrected chi connectivity index (χ4v) is 5.56. The van der Waals surface area contributed by atoms with Crippen LogP contribution in [0.1, 0.15) is 32.1 Å². The molecule has 1 aromatic carbocycles. The Morgan fingerprint density at radius 2 is 2.05 bits per heavy atom. The molecule has 2 aromatic rings. The van der Waals surface area contributed by atoms with Crippen molar-refractivity contribution in [3.63, 3.8) is 0 Å². The van der Waals surface area contributed by atoms with Crippen molar-refractivity contribution in [3.8, 4) is 5.75 Å². The molecule has 202 valence electrons. The van der Waals surface area contributed by atoms with Gasteiger partial charge in [-0.1, -0.05) is 27.5 Å². The van der Waals surface area contributed by atoms with Crippen molar-refractivity contribution in [3.05, 3.63) is 66.9 Å². The van der Waals surface area contributed by atoms with E-state index in [0.717, 1.165) is 4.57 Å². The normalized spacial score (nSPS) is 21.6. The third-order valence-corrected chi connectivity index (χ3v) is 7.60. The first-order valence-electron chi connectivity index (χ1n) is 10.9. The Bertz CT molecular complexity index is 1310. The van der Waals surface area contributed by atoms with Crippen LogP contribution in [-0.4, -0.2) is 52.1 Å². The SMILES string of the molecule is COC(=O)C(C)(C)NP(=O)(OC[C@H]1O[C@@H](n2cc(/C=C/Br)c(=O)[nH]c2=O)C[C@H]1O)Oc1ccc(Cl)cc1. The van der Waals surface area contributed by atoms with Crippen LogP contribution in [-0.2, 0) is 23.4 Å². The summed E-state index contributed by atoms with van der Waals surface area (Å²) < 4.78 is 36.5. The molecule has 2 heterocycles. The number of ether oxygens (including phenoxy) is 2. The summed E-state index contributed by atoms with van der Waals surface area (Å²) in [6.07, 6.45) is -0.345. The van der Waals surface area contributed by atoms with Gasteiger partial charge in [-0.15, -0.1) is 0 Å². The second kappa shape index (κ2) is 12.1. The number of esters is 1. The second-order valence-corrected chi connectivity index (χ2v) is 11.2. The van der Waals surface area contributed by atoms with E-state index < -0.39 is 55.5 Å². The third kappa shape index (κ3) is 7.41. The first-order chi connectivity index (χ1) is 17.4. The van der Waals surface area contributed by atoms with Crippen LogP contribution < -0.4 is 20.9 Å². The maximum Gasteiger partial charge on any atom is 0.459 e. The van der Waals surface area contributed by atoms with Crippen molar-refractivity contribution in [1.29, 1.82) is 0 Å². The minimum atomic E-state index is -4.26. The maximum atomic E-state index is 13.7. The quantitative estimate of drug-likeness (QED) is 0.266. The zero-order chi connectivity index (χ0) is 27.4. The molecule has 15 heteroatoms. The monoisotopic (exact) mass is 621 g/mol. The number of benzene rings is 1. The molecule has 0 spiro atoms. The van der Waals surface area contributed by atoms with E-state index in [-0.39, 0.29) is 17.7 Å². The van der Waals surface area contributed by atoms with E-state index >= 15 is 0 Å². The number of halogens is 2. The number of nitrogens with zero attached hydrogens (tertiary/aromatic N) is 1. The molecule has 1 aromatic heterocycles. The summed E-state index contributed by atoms with van der Waals surface area (Å²) in [5, 5.41) is 13.5. The molecule has 4 atom stereocenters. The Hall–Kier alpha value is -2.25. The summed E-state index contributed by atoms with van der Waals surface area (Å²) in [4.78, 5) is 40.1. The van der Waals surface area contributed by atoms with Crippen LogP contribution in [0.5, 0.6) is 5.75 Å². The van der Waals surface area contributed by atoms with Gasteiger partial charge in [0.1, 0.15) is 23.6 Å². The largest absolute Gasteiger partial charge is 0.468 e. The van der Waals surface area contributed by atoms with Gasteiger partial charge in [-0.2, -0.15) is 5.09 Å². The number of methoxy groups -OCH3 is 1. The number of hydrogen-bond acceptors (Lipinski definition) is 9. The summed E-state index contributed by atoms with van der Waals surface area (Å²) in [6.45, 7) is 2.43. The lowest BCUT2D eigenvalue weighted by molar-refractivity contribution is -0.146.